The molecule has 0 radical (unpaired) electrons. The second-order valence-corrected chi connectivity index (χ2v) is 4.21. The molecule has 1 saturated heterocycles. The third kappa shape index (κ3) is 2.18. The van der Waals surface area contributed by atoms with Crippen molar-refractivity contribution in [2.75, 3.05) is 13.1 Å². The van der Waals surface area contributed by atoms with Gasteiger partial charge in [0, 0.05) is 18.9 Å². The van der Waals surface area contributed by atoms with Gasteiger partial charge in [0.15, 0.2) is 0 Å². The molecule has 1 aromatic heterocycles. The number of carbonyl (C=O) groups excluding carboxylic acids is 1. The van der Waals surface area contributed by atoms with Gasteiger partial charge in [-0.25, -0.2) is 4.98 Å². The second-order valence-electron chi connectivity index (χ2n) is 4.21. The number of hydrogen-bond acceptors (Lipinski definition) is 3. The zero-order valence-electron chi connectivity index (χ0n) is 8.84. The molecule has 2 heterocycles. The van der Waals surface area contributed by atoms with E-state index >= 15 is 0 Å². The summed E-state index contributed by atoms with van der Waals surface area (Å²) in [5, 5.41) is 6.10. The summed E-state index contributed by atoms with van der Waals surface area (Å²) in [6.07, 6.45) is 4.33. The predicted octanol–water partition coefficient (Wildman–Crippen LogP) is 0.0255. The molecule has 1 aliphatic heterocycles. The van der Waals surface area contributed by atoms with E-state index in [-0.39, 0.29) is 11.3 Å². The van der Waals surface area contributed by atoms with Crippen LogP contribution < -0.4 is 10.6 Å². The van der Waals surface area contributed by atoms with Crippen molar-refractivity contribution in [1.29, 1.82) is 0 Å². The molecule has 15 heavy (non-hydrogen) atoms. The van der Waals surface area contributed by atoms with Crippen LogP contribution in [-0.2, 0) is 11.3 Å². The maximum atomic E-state index is 11.9. The highest BCUT2D eigenvalue weighted by molar-refractivity contribution is 5.82. The Balaban J connectivity index is 1.87. The van der Waals surface area contributed by atoms with E-state index < -0.39 is 0 Å². The summed E-state index contributed by atoms with van der Waals surface area (Å²) in [6, 6.07) is 0. The number of nitrogens with one attached hydrogen (secondary N) is 3. The molecule has 0 saturated carbocycles. The Kier molecular flexibility index (Phi) is 2.73. The zero-order chi connectivity index (χ0) is 10.7. The number of aromatic nitrogens is 2. The van der Waals surface area contributed by atoms with E-state index in [1.165, 1.54) is 0 Å². The van der Waals surface area contributed by atoms with Crippen LogP contribution in [0.1, 0.15) is 19.2 Å². The van der Waals surface area contributed by atoms with E-state index in [2.05, 4.69) is 20.6 Å². The molecular formula is C10H16N4O. The van der Waals surface area contributed by atoms with Gasteiger partial charge >= 0.3 is 0 Å². The van der Waals surface area contributed by atoms with Crippen molar-refractivity contribution in [3.8, 4) is 0 Å². The molecule has 2 rings (SSSR count). The summed E-state index contributed by atoms with van der Waals surface area (Å²) >= 11 is 0. The molecule has 0 bridgehead atoms. The summed E-state index contributed by atoms with van der Waals surface area (Å²) in [6.45, 7) is 4.15. The predicted molar refractivity (Wildman–Crippen MR) is 56.0 cm³/mol. The Hall–Kier alpha value is -1.36. The van der Waals surface area contributed by atoms with E-state index in [9.17, 15) is 4.79 Å². The second kappa shape index (κ2) is 4.02. The van der Waals surface area contributed by atoms with Crippen LogP contribution in [0.25, 0.3) is 0 Å². The Morgan fingerprint density at radius 3 is 3.20 bits per heavy atom. The van der Waals surface area contributed by atoms with Crippen molar-refractivity contribution in [3.63, 3.8) is 0 Å². The van der Waals surface area contributed by atoms with Crippen LogP contribution in [0.2, 0.25) is 0 Å². The summed E-state index contributed by atoms with van der Waals surface area (Å²) in [5.74, 6) is 0.891. The SMILES string of the molecule is CC1(C(=O)NCc2ncc[nH]2)CCNC1. The molecule has 5 nitrogen and oxygen atoms in total. The quantitative estimate of drug-likeness (QED) is 0.656. The van der Waals surface area contributed by atoms with Gasteiger partial charge in [-0.1, -0.05) is 0 Å². The summed E-state index contributed by atoms with van der Waals surface area (Å²) in [7, 11) is 0. The highest BCUT2D eigenvalue weighted by Gasteiger charge is 2.35. The Morgan fingerprint density at radius 2 is 2.60 bits per heavy atom. The standard InChI is InChI=1S/C10H16N4O/c1-10(2-3-11-7-10)9(15)14-6-8-12-4-5-13-8/h4-5,11H,2-3,6-7H2,1H3,(H,12,13)(H,14,15). The zero-order valence-corrected chi connectivity index (χ0v) is 8.84. The van der Waals surface area contributed by atoms with Gasteiger partial charge in [-0.15, -0.1) is 0 Å². The van der Waals surface area contributed by atoms with Crippen molar-refractivity contribution >= 4 is 5.91 Å². The van der Waals surface area contributed by atoms with Crippen LogP contribution in [0.4, 0.5) is 0 Å². The monoisotopic (exact) mass is 208 g/mol. The van der Waals surface area contributed by atoms with Crippen LogP contribution in [-0.4, -0.2) is 29.0 Å². The molecule has 1 atom stereocenters. The first-order chi connectivity index (χ1) is 7.21. The largest absolute Gasteiger partial charge is 0.348 e. The van der Waals surface area contributed by atoms with Crippen molar-refractivity contribution in [2.45, 2.75) is 19.9 Å². The lowest BCUT2D eigenvalue weighted by Crippen LogP contribution is -2.40. The lowest BCUT2D eigenvalue weighted by atomic mass is 9.89. The van der Waals surface area contributed by atoms with Gasteiger partial charge in [0.05, 0.1) is 12.0 Å². The fourth-order valence-corrected chi connectivity index (χ4v) is 1.78. The summed E-state index contributed by atoms with van der Waals surface area (Å²) in [4.78, 5) is 18.9. The average molecular weight is 208 g/mol. The Labute approximate surface area is 88.7 Å². The molecule has 1 unspecified atom stereocenters. The van der Waals surface area contributed by atoms with Gasteiger partial charge in [0.2, 0.25) is 5.91 Å². The van der Waals surface area contributed by atoms with Crippen molar-refractivity contribution in [2.24, 2.45) is 5.41 Å². The van der Waals surface area contributed by atoms with Crippen molar-refractivity contribution in [1.82, 2.24) is 20.6 Å². The minimum atomic E-state index is -0.257. The number of nitrogens with zero attached hydrogens (tertiary/aromatic N) is 1. The van der Waals surface area contributed by atoms with Crippen LogP contribution in [0.15, 0.2) is 12.4 Å². The minimum absolute atomic E-state index is 0.101. The average Bonchev–Trinajstić information content (AvgIpc) is 2.85. The van der Waals surface area contributed by atoms with Crippen molar-refractivity contribution in [3.05, 3.63) is 18.2 Å². The number of carbonyl (C=O) groups is 1. The molecule has 0 spiro atoms. The van der Waals surface area contributed by atoms with Crippen LogP contribution in [0.3, 0.4) is 0 Å². The molecule has 0 aromatic carbocycles. The maximum Gasteiger partial charge on any atom is 0.227 e. The molecule has 0 aliphatic carbocycles. The third-order valence-corrected chi connectivity index (χ3v) is 2.89. The third-order valence-electron chi connectivity index (χ3n) is 2.89. The first-order valence-corrected chi connectivity index (χ1v) is 5.18. The van der Waals surface area contributed by atoms with E-state index in [0.717, 1.165) is 25.3 Å². The molecule has 1 fully saturated rings. The van der Waals surface area contributed by atoms with E-state index in [0.29, 0.717) is 6.54 Å². The first kappa shape index (κ1) is 10.2. The Morgan fingerprint density at radius 1 is 1.73 bits per heavy atom. The number of hydrogen-bond donors (Lipinski definition) is 3. The minimum Gasteiger partial charge on any atom is -0.348 e. The van der Waals surface area contributed by atoms with Gasteiger partial charge in [0.25, 0.3) is 0 Å². The van der Waals surface area contributed by atoms with Gasteiger partial charge in [-0.2, -0.15) is 0 Å². The molecule has 82 valence electrons. The van der Waals surface area contributed by atoms with E-state index in [1.807, 2.05) is 6.92 Å². The highest BCUT2D eigenvalue weighted by atomic mass is 16.2. The fraction of sp³-hybridized carbons (Fsp3) is 0.600. The van der Waals surface area contributed by atoms with E-state index in [4.69, 9.17) is 0 Å². The van der Waals surface area contributed by atoms with Crippen LogP contribution >= 0.6 is 0 Å². The van der Waals surface area contributed by atoms with Gasteiger partial charge in [-0.05, 0) is 19.9 Å². The summed E-state index contributed by atoms with van der Waals surface area (Å²) in [5.41, 5.74) is -0.257. The van der Waals surface area contributed by atoms with Crippen LogP contribution in [0.5, 0.6) is 0 Å². The van der Waals surface area contributed by atoms with Gasteiger partial charge < -0.3 is 15.6 Å². The molecule has 1 aromatic rings. The van der Waals surface area contributed by atoms with Crippen LogP contribution in [0, 0.1) is 5.41 Å². The Bertz CT molecular complexity index is 327. The molecular weight excluding hydrogens is 192 g/mol. The van der Waals surface area contributed by atoms with Gasteiger partial charge in [-0.3, -0.25) is 4.79 Å². The number of imidazole rings is 1. The highest BCUT2D eigenvalue weighted by Crippen LogP contribution is 2.24. The number of amides is 1. The maximum absolute atomic E-state index is 11.9. The van der Waals surface area contributed by atoms with E-state index in [1.54, 1.807) is 12.4 Å². The molecule has 1 aliphatic rings. The smallest absolute Gasteiger partial charge is 0.227 e. The lowest BCUT2D eigenvalue weighted by molar-refractivity contribution is -0.129. The first-order valence-electron chi connectivity index (χ1n) is 5.18. The summed E-state index contributed by atoms with van der Waals surface area (Å²) < 4.78 is 0. The number of aromatic amines is 1. The topological polar surface area (TPSA) is 69.8 Å². The number of rotatable bonds is 3. The normalized spacial score (nSPS) is 25.4. The van der Waals surface area contributed by atoms with Gasteiger partial charge in [0.1, 0.15) is 5.82 Å². The molecule has 5 heteroatoms. The fourth-order valence-electron chi connectivity index (χ4n) is 1.78. The van der Waals surface area contributed by atoms with Crippen molar-refractivity contribution < 1.29 is 4.79 Å². The lowest BCUT2D eigenvalue weighted by Gasteiger charge is -2.20. The molecule has 3 N–H and O–H groups in total. The molecule has 1 amide bonds. The number of H-pyrrole nitrogens is 1.